The van der Waals surface area contributed by atoms with Gasteiger partial charge in [0.05, 0.1) is 22.6 Å². The lowest BCUT2D eigenvalue weighted by Crippen LogP contribution is -2.29. The Morgan fingerprint density at radius 1 is 1.29 bits per heavy atom. The molecule has 0 spiro atoms. The van der Waals surface area contributed by atoms with E-state index >= 15 is 0 Å². The first-order valence-corrected chi connectivity index (χ1v) is 12.3. The Kier molecular flexibility index (Phi) is 6.45. The zero-order chi connectivity index (χ0) is 24.0. The molecule has 5 rings (SSSR count). The molecule has 1 atom stereocenters. The van der Waals surface area contributed by atoms with Crippen molar-refractivity contribution in [2.24, 2.45) is 0 Å². The van der Waals surface area contributed by atoms with E-state index in [1.807, 2.05) is 17.1 Å². The molecule has 0 amide bonds. The molecule has 0 radical (unpaired) electrons. The molecule has 178 valence electrons. The van der Waals surface area contributed by atoms with Crippen LogP contribution >= 0.6 is 39.1 Å². The van der Waals surface area contributed by atoms with E-state index in [1.54, 1.807) is 13.1 Å². The van der Waals surface area contributed by atoms with Gasteiger partial charge in [-0.1, -0.05) is 23.2 Å². The Balaban J connectivity index is 1.53. The lowest BCUT2D eigenvalue weighted by atomic mass is 10.1. The highest BCUT2D eigenvalue weighted by atomic mass is 79.9. The van der Waals surface area contributed by atoms with Crippen LogP contribution in [0.25, 0.3) is 22.1 Å². The van der Waals surface area contributed by atoms with Gasteiger partial charge in [-0.15, -0.1) is 0 Å². The van der Waals surface area contributed by atoms with Crippen LogP contribution in [0, 0.1) is 5.82 Å². The fraction of sp³-hybridized carbons (Fsp3) is 0.304. The van der Waals surface area contributed by atoms with Crippen molar-refractivity contribution in [1.29, 1.82) is 0 Å². The van der Waals surface area contributed by atoms with E-state index in [0.717, 1.165) is 37.1 Å². The van der Waals surface area contributed by atoms with Crippen LogP contribution in [-0.4, -0.2) is 27.9 Å². The second-order valence-corrected chi connectivity index (χ2v) is 9.68. The van der Waals surface area contributed by atoms with Gasteiger partial charge in [-0.25, -0.2) is 9.37 Å². The average Bonchev–Trinajstić information content (AvgIpc) is 3.43. The van der Waals surface area contributed by atoms with Crippen LogP contribution in [-0.2, 0) is 0 Å². The van der Waals surface area contributed by atoms with Gasteiger partial charge >= 0.3 is 0 Å². The van der Waals surface area contributed by atoms with Gasteiger partial charge in [0, 0.05) is 34.1 Å². The number of nitrogen functional groups attached to an aromatic ring is 1. The van der Waals surface area contributed by atoms with Gasteiger partial charge in [0.15, 0.2) is 16.1 Å². The minimum atomic E-state index is -0.722. The zero-order valence-electron chi connectivity index (χ0n) is 18.1. The maximum absolute atomic E-state index is 14.1. The molecule has 34 heavy (non-hydrogen) atoms. The summed E-state index contributed by atoms with van der Waals surface area (Å²) in [4.78, 5) is 4.31. The van der Waals surface area contributed by atoms with E-state index in [-0.39, 0.29) is 21.6 Å². The number of piperidine rings is 1. The van der Waals surface area contributed by atoms with Gasteiger partial charge in [0.2, 0.25) is 5.75 Å². The minimum absolute atomic E-state index is 0.106. The number of nitrogens with one attached hydrogen (secondary N) is 1. The van der Waals surface area contributed by atoms with Crippen molar-refractivity contribution in [1.82, 2.24) is 20.1 Å². The van der Waals surface area contributed by atoms with E-state index < -0.39 is 11.9 Å². The topological polar surface area (TPSA) is 91.1 Å². The van der Waals surface area contributed by atoms with Gasteiger partial charge in [-0.05, 0) is 60.9 Å². The number of benzene rings is 1. The highest BCUT2D eigenvalue weighted by Crippen LogP contribution is 2.45. The third-order valence-corrected chi connectivity index (χ3v) is 7.30. The first-order chi connectivity index (χ1) is 16.3. The van der Waals surface area contributed by atoms with Gasteiger partial charge < -0.3 is 20.2 Å². The summed E-state index contributed by atoms with van der Waals surface area (Å²) in [5.74, 6) is -0.241. The van der Waals surface area contributed by atoms with Crippen LogP contribution in [0.2, 0.25) is 10.0 Å². The molecule has 0 bridgehead atoms. The van der Waals surface area contributed by atoms with Crippen molar-refractivity contribution in [3.63, 3.8) is 0 Å². The molecule has 3 aromatic heterocycles. The predicted molar refractivity (Wildman–Crippen MR) is 134 cm³/mol. The van der Waals surface area contributed by atoms with E-state index in [9.17, 15) is 4.39 Å². The van der Waals surface area contributed by atoms with Crippen molar-refractivity contribution in [3.05, 3.63) is 56.8 Å². The number of rotatable bonds is 5. The third-order valence-electron chi connectivity index (χ3n) is 6.03. The molecular formula is C23H21BrCl2FN5O2. The average molecular weight is 569 g/mol. The standard InChI is InChI=1S/C23H21BrCl2FN5O2/c1-11(17-15(25)2-3-16(27)19(17)26)33-21-20-14(9-30-23(21)28)18(22(24)34-20)12-8-31-32(10-12)13-4-6-29-7-5-13/h2-3,8-11,13,29H,4-7H2,1H3,(H2,28,30)/t11-/m1/s1. The molecule has 0 saturated carbocycles. The summed E-state index contributed by atoms with van der Waals surface area (Å²) < 4.78 is 28.7. The smallest absolute Gasteiger partial charge is 0.205 e. The molecule has 1 saturated heterocycles. The van der Waals surface area contributed by atoms with Crippen molar-refractivity contribution in [3.8, 4) is 16.9 Å². The van der Waals surface area contributed by atoms with Crippen LogP contribution in [0.4, 0.5) is 10.2 Å². The Hall–Kier alpha value is -2.33. The molecule has 4 heterocycles. The van der Waals surface area contributed by atoms with Gasteiger partial charge in [0.1, 0.15) is 11.9 Å². The zero-order valence-corrected chi connectivity index (χ0v) is 21.2. The van der Waals surface area contributed by atoms with Crippen LogP contribution in [0.5, 0.6) is 5.75 Å². The summed E-state index contributed by atoms with van der Waals surface area (Å²) in [5, 5.41) is 8.82. The number of aromatic nitrogens is 3. The molecule has 11 heteroatoms. The number of nitrogens with two attached hydrogens (primary N) is 1. The monoisotopic (exact) mass is 567 g/mol. The maximum atomic E-state index is 14.1. The first-order valence-electron chi connectivity index (χ1n) is 10.8. The van der Waals surface area contributed by atoms with Crippen LogP contribution < -0.4 is 15.8 Å². The summed E-state index contributed by atoms with van der Waals surface area (Å²) in [6, 6.07) is 2.99. The minimum Gasteiger partial charge on any atom is -0.478 e. The number of hydrogen-bond donors (Lipinski definition) is 2. The molecule has 0 unspecified atom stereocenters. The van der Waals surface area contributed by atoms with Crippen molar-refractivity contribution in [2.45, 2.75) is 31.9 Å². The summed E-state index contributed by atoms with van der Waals surface area (Å²) >= 11 is 16.0. The normalized spacial score (nSPS) is 15.7. The second kappa shape index (κ2) is 9.37. The highest BCUT2D eigenvalue weighted by molar-refractivity contribution is 9.10. The molecule has 7 nitrogen and oxygen atoms in total. The van der Waals surface area contributed by atoms with E-state index in [1.165, 1.54) is 12.1 Å². The van der Waals surface area contributed by atoms with E-state index in [0.29, 0.717) is 27.2 Å². The van der Waals surface area contributed by atoms with E-state index in [2.05, 4.69) is 31.3 Å². The summed E-state index contributed by atoms with van der Waals surface area (Å²) in [6.07, 6.45) is 6.77. The quantitative estimate of drug-likeness (QED) is 0.265. The molecule has 1 aliphatic heterocycles. The van der Waals surface area contributed by atoms with Gasteiger partial charge in [-0.3, -0.25) is 4.68 Å². The Labute approximate surface area is 213 Å². The van der Waals surface area contributed by atoms with Crippen LogP contribution in [0.3, 0.4) is 0 Å². The largest absolute Gasteiger partial charge is 0.478 e. The van der Waals surface area contributed by atoms with Crippen molar-refractivity contribution >= 4 is 55.9 Å². The Bertz CT molecular complexity index is 1370. The Morgan fingerprint density at radius 3 is 2.82 bits per heavy atom. The molecule has 1 aliphatic rings. The molecule has 1 aromatic carbocycles. The number of nitrogens with zero attached hydrogens (tertiary/aromatic N) is 3. The fourth-order valence-electron chi connectivity index (χ4n) is 4.29. The number of fused-ring (bicyclic) bond motifs is 1. The Morgan fingerprint density at radius 2 is 2.06 bits per heavy atom. The van der Waals surface area contributed by atoms with Crippen LogP contribution in [0.1, 0.15) is 37.5 Å². The molecule has 0 aliphatic carbocycles. The number of ether oxygens (including phenoxy) is 1. The summed E-state index contributed by atoms with van der Waals surface area (Å²) in [6.45, 7) is 3.64. The maximum Gasteiger partial charge on any atom is 0.205 e. The SMILES string of the molecule is C[C@@H](Oc1c(N)ncc2c(-c3cnn(C4CCNCC4)c3)c(Br)oc12)c1c(Cl)ccc(F)c1Cl. The lowest BCUT2D eigenvalue weighted by Gasteiger charge is -2.22. The van der Waals surface area contributed by atoms with Crippen LogP contribution in [0.15, 0.2) is 39.8 Å². The number of furan rings is 1. The molecule has 1 fully saturated rings. The van der Waals surface area contributed by atoms with Gasteiger partial charge in [0.25, 0.3) is 0 Å². The van der Waals surface area contributed by atoms with Crippen molar-refractivity contribution < 1.29 is 13.5 Å². The van der Waals surface area contributed by atoms with Gasteiger partial charge in [-0.2, -0.15) is 5.10 Å². The molecule has 3 N–H and O–H groups in total. The number of pyridine rings is 1. The molecular weight excluding hydrogens is 548 g/mol. The first kappa shape index (κ1) is 23.4. The second-order valence-electron chi connectivity index (χ2n) is 8.17. The highest BCUT2D eigenvalue weighted by Gasteiger charge is 2.26. The third kappa shape index (κ3) is 4.15. The predicted octanol–water partition coefficient (Wildman–Crippen LogP) is 6.55. The number of hydrogen-bond acceptors (Lipinski definition) is 6. The number of halogens is 4. The summed E-state index contributed by atoms with van der Waals surface area (Å²) in [7, 11) is 0. The fourth-order valence-corrected chi connectivity index (χ4v) is 5.57. The van der Waals surface area contributed by atoms with Crippen molar-refractivity contribution in [2.75, 3.05) is 18.8 Å². The summed E-state index contributed by atoms with van der Waals surface area (Å²) in [5.41, 5.74) is 8.53. The molecule has 4 aromatic rings. The lowest BCUT2D eigenvalue weighted by molar-refractivity contribution is 0.227. The number of anilines is 1. The van der Waals surface area contributed by atoms with E-state index in [4.69, 9.17) is 38.1 Å².